The highest BCUT2D eigenvalue weighted by Gasteiger charge is 2.38. The van der Waals surface area contributed by atoms with E-state index in [0.29, 0.717) is 0 Å². The lowest BCUT2D eigenvalue weighted by molar-refractivity contribution is 0.666. The van der Waals surface area contributed by atoms with Crippen LogP contribution in [0.5, 0.6) is 0 Å². The normalized spacial score (nSPS) is 16.0. The molecule has 2 aliphatic rings. The zero-order valence-corrected chi connectivity index (χ0v) is 29.7. The van der Waals surface area contributed by atoms with Gasteiger partial charge in [0.2, 0.25) is 0 Å². The van der Waals surface area contributed by atoms with Crippen molar-refractivity contribution in [3.8, 4) is 28.3 Å². The molecule has 11 rings (SSSR count). The van der Waals surface area contributed by atoms with Crippen LogP contribution in [0.15, 0.2) is 164 Å². The molecule has 0 fully saturated rings. The van der Waals surface area contributed by atoms with E-state index in [2.05, 4.69) is 181 Å². The Morgan fingerprint density at radius 1 is 0.585 bits per heavy atom. The fraction of sp³-hybridized carbons (Fsp3) is 0.102. The highest BCUT2D eigenvalue weighted by molar-refractivity contribution is 6.15. The van der Waals surface area contributed by atoms with Gasteiger partial charge in [-0.15, -0.1) is 0 Å². The van der Waals surface area contributed by atoms with Crippen molar-refractivity contribution in [2.75, 3.05) is 0 Å². The van der Waals surface area contributed by atoms with Crippen LogP contribution in [-0.2, 0) is 5.41 Å². The van der Waals surface area contributed by atoms with Gasteiger partial charge in [-0.05, 0) is 59.0 Å². The largest absolute Gasteiger partial charge is 0.310 e. The first-order chi connectivity index (χ1) is 26.1. The summed E-state index contributed by atoms with van der Waals surface area (Å²) < 4.78 is 4.77. The number of fused-ring (bicyclic) bond motifs is 10. The van der Waals surface area contributed by atoms with Crippen molar-refractivity contribution in [3.05, 3.63) is 181 Å². The molecule has 252 valence electrons. The molecule has 0 radical (unpaired) electrons. The molecule has 3 heterocycles. The van der Waals surface area contributed by atoms with Gasteiger partial charge in [0, 0.05) is 50.2 Å². The van der Waals surface area contributed by atoms with E-state index in [-0.39, 0.29) is 11.3 Å². The van der Waals surface area contributed by atoms with E-state index in [9.17, 15) is 0 Å². The molecule has 2 aliphatic carbocycles. The zero-order chi connectivity index (χ0) is 35.3. The van der Waals surface area contributed by atoms with Crippen LogP contribution >= 0.6 is 0 Å². The summed E-state index contributed by atoms with van der Waals surface area (Å²) in [5.74, 6) is 1.72. The Labute approximate surface area is 308 Å². The quantitative estimate of drug-likeness (QED) is 0.185. The molecule has 0 spiro atoms. The first-order valence-corrected chi connectivity index (χ1v) is 18.5. The third-order valence-corrected chi connectivity index (χ3v) is 11.6. The van der Waals surface area contributed by atoms with Gasteiger partial charge >= 0.3 is 0 Å². The Hall–Kier alpha value is -6.52. The molecule has 0 aliphatic heterocycles. The highest BCUT2D eigenvalue weighted by Crippen LogP contribution is 2.53. The summed E-state index contributed by atoms with van der Waals surface area (Å²) in [6.45, 7) is 4.76. The summed E-state index contributed by atoms with van der Waals surface area (Å²) in [5.41, 5.74) is 13.4. The number of para-hydroxylation sites is 3. The van der Waals surface area contributed by atoms with Gasteiger partial charge in [-0.25, -0.2) is 9.97 Å². The Balaban J connectivity index is 1.05. The van der Waals surface area contributed by atoms with Crippen LogP contribution in [0.3, 0.4) is 0 Å². The summed E-state index contributed by atoms with van der Waals surface area (Å²) in [4.78, 5) is 10.5. The highest BCUT2D eigenvalue weighted by atomic mass is 15.1. The third-order valence-electron chi connectivity index (χ3n) is 11.6. The van der Waals surface area contributed by atoms with Crippen molar-refractivity contribution in [2.24, 2.45) is 0 Å². The van der Waals surface area contributed by atoms with E-state index in [1.807, 2.05) is 6.07 Å². The topological polar surface area (TPSA) is 35.6 Å². The SMILES string of the molecule is CC1(C)c2ccccc2-c2ccc3c(c21)c1ccccc1n3C1=CCC(c2cc(-n3c4ccccc4c4ccccc43)nc(-c3ccccc3)n2)C=C1. The number of benzene rings is 6. The molecule has 53 heavy (non-hydrogen) atoms. The first-order valence-electron chi connectivity index (χ1n) is 18.5. The average molecular weight is 681 g/mol. The molecule has 6 aromatic carbocycles. The Bertz CT molecular complexity index is 2960. The summed E-state index contributed by atoms with van der Waals surface area (Å²) in [7, 11) is 0. The molecule has 0 bridgehead atoms. The third kappa shape index (κ3) is 4.36. The van der Waals surface area contributed by atoms with Crippen LogP contribution in [-0.4, -0.2) is 19.1 Å². The molecule has 1 atom stereocenters. The maximum atomic E-state index is 5.25. The van der Waals surface area contributed by atoms with Gasteiger partial charge in [0.1, 0.15) is 5.82 Å². The molecule has 9 aromatic rings. The van der Waals surface area contributed by atoms with Crippen LogP contribution in [0.1, 0.15) is 43.0 Å². The number of hydrogen-bond donors (Lipinski definition) is 0. The fourth-order valence-corrected chi connectivity index (χ4v) is 9.25. The van der Waals surface area contributed by atoms with Crippen molar-refractivity contribution in [3.63, 3.8) is 0 Å². The Morgan fingerprint density at radius 2 is 1.23 bits per heavy atom. The number of nitrogens with zero attached hydrogens (tertiary/aromatic N) is 4. The molecule has 3 aromatic heterocycles. The molecule has 4 heteroatoms. The van der Waals surface area contributed by atoms with Gasteiger partial charge < -0.3 is 4.57 Å². The van der Waals surface area contributed by atoms with Gasteiger partial charge in [0.25, 0.3) is 0 Å². The Kier molecular flexibility index (Phi) is 6.39. The lowest BCUT2D eigenvalue weighted by Crippen LogP contribution is -2.15. The van der Waals surface area contributed by atoms with E-state index in [1.54, 1.807) is 0 Å². The molecule has 0 amide bonds. The number of allylic oxidation sites excluding steroid dienone is 4. The first kappa shape index (κ1) is 30.1. The minimum Gasteiger partial charge on any atom is -0.310 e. The lowest BCUT2D eigenvalue weighted by atomic mass is 9.80. The predicted octanol–water partition coefficient (Wildman–Crippen LogP) is 12.2. The summed E-state index contributed by atoms with van der Waals surface area (Å²) in [6.07, 6.45) is 7.88. The van der Waals surface area contributed by atoms with Gasteiger partial charge in [-0.2, -0.15) is 0 Å². The number of aromatic nitrogens is 4. The molecule has 0 N–H and O–H groups in total. The molecule has 0 saturated carbocycles. The van der Waals surface area contributed by atoms with Crippen LogP contribution in [0.4, 0.5) is 0 Å². The second kappa shape index (κ2) is 11.2. The van der Waals surface area contributed by atoms with E-state index in [1.165, 1.54) is 60.5 Å². The molecule has 0 saturated heterocycles. The van der Waals surface area contributed by atoms with Crippen LogP contribution in [0.25, 0.3) is 77.6 Å². The number of hydrogen-bond acceptors (Lipinski definition) is 2. The van der Waals surface area contributed by atoms with Crippen molar-refractivity contribution in [2.45, 2.75) is 31.6 Å². The maximum absolute atomic E-state index is 5.25. The Morgan fingerprint density at radius 3 is 1.94 bits per heavy atom. The van der Waals surface area contributed by atoms with E-state index in [4.69, 9.17) is 9.97 Å². The summed E-state index contributed by atoms with van der Waals surface area (Å²) in [6, 6.07) is 52.3. The molecule has 4 nitrogen and oxygen atoms in total. The van der Waals surface area contributed by atoms with Gasteiger partial charge in [0.05, 0.1) is 27.8 Å². The van der Waals surface area contributed by atoms with Gasteiger partial charge in [-0.1, -0.05) is 141 Å². The summed E-state index contributed by atoms with van der Waals surface area (Å²) in [5, 5.41) is 5.10. The average Bonchev–Trinajstić information content (AvgIpc) is 3.81. The van der Waals surface area contributed by atoms with Crippen LogP contribution in [0, 0.1) is 0 Å². The maximum Gasteiger partial charge on any atom is 0.161 e. The standard InChI is InChI=1S/C49H36N4/c1-49(2)39-20-10-6-16-34(39)37-28-29-44-46(47(37)49)38-19-9-13-23-43(38)52(44)33-26-24-31(25-27-33)40-30-45(51-48(50-40)32-14-4-3-5-15-32)53-41-21-11-7-17-35(41)36-18-8-12-22-42(36)53/h3-24,26-31H,25H2,1-2H3. The lowest BCUT2D eigenvalue weighted by Gasteiger charge is -2.23. The zero-order valence-electron chi connectivity index (χ0n) is 29.7. The second-order valence-electron chi connectivity index (χ2n) is 14.9. The molecule has 1 unspecified atom stereocenters. The predicted molar refractivity (Wildman–Crippen MR) is 220 cm³/mol. The molecular formula is C49H36N4. The van der Waals surface area contributed by atoms with Crippen molar-refractivity contribution in [1.29, 1.82) is 0 Å². The van der Waals surface area contributed by atoms with E-state index < -0.39 is 0 Å². The van der Waals surface area contributed by atoms with Crippen LogP contribution < -0.4 is 0 Å². The van der Waals surface area contributed by atoms with Crippen molar-refractivity contribution in [1.82, 2.24) is 19.1 Å². The van der Waals surface area contributed by atoms with Crippen molar-refractivity contribution >= 4 is 49.3 Å². The monoisotopic (exact) mass is 680 g/mol. The fourth-order valence-electron chi connectivity index (χ4n) is 9.25. The minimum absolute atomic E-state index is 0.0974. The van der Waals surface area contributed by atoms with E-state index in [0.717, 1.165) is 40.4 Å². The van der Waals surface area contributed by atoms with Gasteiger partial charge in [-0.3, -0.25) is 4.57 Å². The van der Waals surface area contributed by atoms with Crippen LogP contribution in [0.2, 0.25) is 0 Å². The van der Waals surface area contributed by atoms with E-state index >= 15 is 0 Å². The minimum atomic E-state index is -0.0974. The second-order valence-corrected chi connectivity index (χ2v) is 14.9. The summed E-state index contributed by atoms with van der Waals surface area (Å²) >= 11 is 0. The molecular weight excluding hydrogens is 645 g/mol. The number of rotatable bonds is 4. The smallest absolute Gasteiger partial charge is 0.161 e. The van der Waals surface area contributed by atoms with Gasteiger partial charge in [0.15, 0.2) is 5.82 Å². The van der Waals surface area contributed by atoms with Crippen molar-refractivity contribution < 1.29 is 0 Å².